The Hall–Kier alpha value is -2.04. The molecule has 2 aliphatic rings. The van der Waals surface area contributed by atoms with E-state index in [1.807, 2.05) is 0 Å². The molecule has 10 nitrogen and oxygen atoms in total. The van der Waals surface area contributed by atoms with Crippen LogP contribution in [0.4, 0.5) is 0 Å². The molecule has 2 saturated heterocycles. The third-order valence-corrected chi connectivity index (χ3v) is 4.33. The number of carboxylic acids is 2. The van der Waals surface area contributed by atoms with Crippen LogP contribution in [0.3, 0.4) is 0 Å². The Morgan fingerprint density at radius 3 is 2.38 bits per heavy atom. The van der Waals surface area contributed by atoms with Gasteiger partial charge in [-0.1, -0.05) is 6.92 Å². The van der Waals surface area contributed by atoms with Crippen LogP contribution in [0.2, 0.25) is 0 Å². The third kappa shape index (κ3) is 6.70. The van der Waals surface area contributed by atoms with Gasteiger partial charge < -0.3 is 20.6 Å². The number of aromatic amines is 1. The molecule has 2 unspecified atom stereocenters. The Balaban J connectivity index is 0.000000360. The SMILES string of the molecule is CC(=O)O.CC(=O)O.CCc1n[nH]c(CN2CC3CNCC3(CO)C2)n1. The summed E-state index contributed by atoms with van der Waals surface area (Å²) >= 11 is 0. The van der Waals surface area contributed by atoms with Crippen LogP contribution in [-0.4, -0.2) is 80.1 Å². The molecule has 0 aromatic carbocycles. The quantitative estimate of drug-likeness (QED) is 0.474. The highest BCUT2D eigenvalue weighted by Crippen LogP contribution is 2.38. The molecule has 148 valence electrons. The number of nitrogens with one attached hydrogen (secondary N) is 2. The Morgan fingerprint density at radius 1 is 1.31 bits per heavy atom. The van der Waals surface area contributed by atoms with E-state index >= 15 is 0 Å². The lowest BCUT2D eigenvalue weighted by Gasteiger charge is -2.25. The molecule has 10 heteroatoms. The normalized spacial score (nSPS) is 24.1. The number of H-pyrrole nitrogens is 1. The minimum absolute atomic E-state index is 0.0631. The maximum Gasteiger partial charge on any atom is 0.300 e. The molecule has 0 saturated carbocycles. The monoisotopic (exact) mass is 371 g/mol. The summed E-state index contributed by atoms with van der Waals surface area (Å²) in [6.45, 7) is 9.25. The van der Waals surface area contributed by atoms with E-state index in [4.69, 9.17) is 19.8 Å². The van der Waals surface area contributed by atoms with Gasteiger partial charge in [-0.05, 0) is 12.5 Å². The molecule has 1 aromatic rings. The van der Waals surface area contributed by atoms with E-state index in [9.17, 15) is 5.11 Å². The maximum atomic E-state index is 9.65. The zero-order valence-corrected chi connectivity index (χ0v) is 15.5. The summed E-state index contributed by atoms with van der Waals surface area (Å²) < 4.78 is 0. The van der Waals surface area contributed by atoms with Gasteiger partial charge in [0, 0.05) is 45.3 Å². The van der Waals surface area contributed by atoms with Crippen LogP contribution in [-0.2, 0) is 22.6 Å². The van der Waals surface area contributed by atoms with Crippen LogP contribution >= 0.6 is 0 Å². The van der Waals surface area contributed by atoms with Crippen LogP contribution in [0.15, 0.2) is 0 Å². The second kappa shape index (κ2) is 10.2. The molecule has 5 N–H and O–H groups in total. The summed E-state index contributed by atoms with van der Waals surface area (Å²) in [4.78, 5) is 24.8. The third-order valence-electron chi connectivity index (χ3n) is 4.33. The lowest BCUT2D eigenvalue weighted by atomic mass is 9.82. The number of aryl methyl sites for hydroxylation is 1. The number of rotatable bonds is 4. The van der Waals surface area contributed by atoms with Gasteiger partial charge in [0.05, 0.1) is 13.2 Å². The first kappa shape index (κ1) is 22.0. The van der Waals surface area contributed by atoms with Crippen LogP contribution in [0.1, 0.15) is 32.4 Å². The van der Waals surface area contributed by atoms with Gasteiger partial charge in [-0.15, -0.1) is 0 Å². The number of likely N-dealkylation sites (tertiary alicyclic amines) is 1. The Kier molecular flexibility index (Phi) is 8.62. The molecule has 2 atom stereocenters. The first-order valence-corrected chi connectivity index (χ1v) is 8.55. The van der Waals surface area contributed by atoms with Gasteiger partial charge in [-0.3, -0.25) is 19.6 Å². The first-order chi connectivity index (χ1) is 12.2. The number of aliphatic hydroxyl groups is 1. The fourth-order valence-corrected chi connectivity index (χ4v) is 3.25. The maximum absolute atomic E-state index is 9.65. The molecule has 0 spiro atoms. The minimum atomic E-state index is -0.833. The van der Waals surface area contributed by atoms with E-state index in [0.29, 0.717) is 5.92 Å². The van der Waals surface area contributed by atoms with Crippen LogP contribution in [0.25, 0.3) is 0 Å². The summed E-state index contributed by atoms with van der Waals surface area (Å²) in [5, 5.41) is 35.0. The molecule has 2 fully saturated rings. The molecule has 3 rings (SSSR count). The molecule has 0 bridgehead atoms. The smallest absolute Gasteiger partial charge is 0.300 e. The first-order valence-electron chi connectivity index (χ1n) is 8.55. The topological polar surface area (TPSA) is 152 Å². The van der Waals surface area contributed by atoms with Crippen molar-refractivity contribution in [3.05, 3.63) is 11.6 Å². The lowest BCUT2D eigenvalue weighted by Crippen LogP contribution is -2.35. The molecule has 3 heterocycles. The average Bonchev–Trinajstić information content (AvgIpc) is 3.20. The van der Waals surface area contributed by atoms with Crippen molar-refractivity contribution in [3.8, 4) is 0 Å². The number of hydrogen-bond acceptors (Lipinski definition) is 7. The Morgan fingerprint density at radius 2 is 1.92 bits per heavy atom. The molecular weight excluding hydrogens is 342 g/mol. The van der Waals surface area contributed by atoms with Crippen LogP contribution < -0.4 is 5.32 Å². The summed E-state index contributed by atoms with van der Waals surface area (Å²) in [7, 11) is 0. The number of carbonyl (C=O) groups is 2. The van der Waals surface area contributed by atoms with E-state index in [2.05, 4.69) is 32.3 Å². The van der Waals surface area contributed by atoms with Gasteiger partial charge in [-0.2, -0.15) is 5.10 Å². The van der Waals surface area contributed by atoms with Crippen molar-refractivity contribution >= 4 is 11.9 Å². The van der Waals surface area contributed by atoms with Crippen molar-refractivity contribution < 1.29 is 24.9 Å². The summed E-state index contributed by atoms with van der Waals surface area (Å²) in [6, 6.07) is 0. The standard InChI is InChI=1S/C12H21N5O.2C2H4O2/c1-2-10-14-11(16-15-10)5-17-4-9-3-13-6-12(9,7-17)8-18;2*1-2(3)4/h9,13,18H,2-8H2,1H3,(H,14,15,16);2*1H3,(H,3,4). The van der Waals surface area contributed by atoms with Gasteiger partial charge in [0.15, 0.2) is 0 Å². The molecule has 0 aliphatic carbocycles. The number of carboxylic acid groups (broad SMARTS) is 2. The number of aliphatic hydroxyl groups excluding tert-OH is 1. The fourth-order valence-electron chi connectivity index (χ4n) is 3.25. The fraction of sp³-hybridized carbons (Fsp3) is 0.750. The van der Waals surface area contributed by atoms with Crippen molar-refractivity contribution in [2.24, 2.45) is 11.3 Å². The lowest BCUT2D eigenvalue weighted by molar-refractivity contribution is -0.135. The number of nitrogens with zero attached hydrogens (tertiary/aromatic N) is 3. The van der Waals surface area contributed by atoms with E-state index in [0.717, 1.165) is 64.6 Å². The van der Waals surface area contributed by atoms with Crippen molar-refractivity contribution in [1.29, 1.82) is 0 Å². The van der Waals surface area contributed by atoms with E-state index in [1.165, 1.54) is 0 Å². The molecule has 26 heavy (non-hydrogen) atoms. The highest BCUT2D eigenvalue weighted by molar-refractivity contribution is 5.63. The van der Waals surface area contributed by atoms with Crippen molar-refractivity contribution in [3.63, 3.8) is 0 Å². The predicted octanol–water partition coefficient (Wildman–Crippen LogP) is -0.437. The van der Waals surface area contributed by atoms with Crippen LogP contribution in [0.5, 0.6) is 0 Å². The number of aliphatic carboxylic acids is 2. The van der Waals surface area contributed by atoms with Gasteiger partial charge in [0.25, 0.3) is 11.9 Å². The van der Waals surface area contributed by atoms with E-state index < -0.39 is 11.9 Å². The Labute approximate surface area is 152 Å². The van der Waals surface area contributed by atoms with E-state index in [-0.39, 0.29) is 12.0 Å². The number of aromatic nitrogens is 3. The highest BCUT2D eigenvalue weighted by Gasteiger charge is 2.49. The second-order valence-electron chi connectivity index (χ2n) is 6.61. The molecular formula is C16H29N5O5. The summed E-state index contributed by atoms with van der Waals surface area (Å²) in [6.07, 6.45) is 0.865. The highest BCUT2D eigenvalue weighted by atomic mass is 16.4. The molecule has 0 radical (unpaired) electrons. The van der Waals surface area contributed by atoms with Gasteiger partial charge in [0.1, 0.15) is 11.6 Å². The zero-order chi connectivity index (χ0) is 19.7. The largest absolute Gasteiger partial charge is 0.481 e. The Bertz CT molecular complexity index is 573. The summed E-state index contributed by atoms with van der Waals surface area (Å²) in [5.41, 5.74) is 0.0631. The van der Waals surface area contributed by atoms with Crippen LogP contribution in [0, 0.1) is 11.3 Å². The van der Waals surface area contributed by atoms with Gasteiger partial charge >= 0.3 is 0 Å². The predicted molar refractivity (Wildman–Crippen MR) is 93.5 cm³/mol. The number of fused-ring (bicyclic) bond motifs is 1. The van der Waals surface area contributed by atoms with E-state index in [1.54, 1.807) is 0 Å². The second-order valence-corrected chi connectivity index (χ2v) is 6.61. The minimum Gasteiger partial charge on any atom is -0.481 e. The average molecular weight is 371 g/mol. The van der Waals surface area contributed by atoms with Crippen molar-refractivity contribution in [2.75, 3.05) is 32.8 Å². The van der Waals surface area contributed by atoms with Gasteiger partial charge in [0.2, 0.25) is 0 Å². The molecule has 2 aliphatic heterocycles. The van der Waals surface area contributed by atoms with Gasteiger partial charge in [-0.25, -0.2) is 4.98 Å². The molecule has 1 aromatic heterocycles. The van der Waals surface area contributed by atoms with Crippen molar-refractivity contribution in [2.45, 2.75) is 33.7 Å². The zero-order valence-electron chi connectivity index (χ0n) is 15.5. The molecule has 0 amide bonds. The number of hydrogen-bond donors (Lipinski definition) is 5. The van der Waals surface area contributed by atoms with Crippen molar-refractivity contribution in [1.82, 2.24) is 25.4 Å². The summed E-state index contributed by atoms with van der Waals surface area (Å²) in [5.74, 6) is 0.715.